The predicted octanol–water partition coefficient (Wildman–Crippen LogP) is 4.03. The van der Waals surface area contributed by atoms with Crippen LogP contribution >= 0.6 is 0 Å². The quantitative estimate of drug-likeness (QED) is 0.528. The molecule has 0 spiro atoms. The first kappa shape index (κ1) is 19.9. The van der Waals surface area contributed by atoms with Gasteiger partial charge in [0.1, 0.15) is 11.3 Å². The van der Waals surface area contributed by atoms with Crippen molar-refractivity contribution in [3.63, 3.8) is 0 Å². The first-order valence-electron chi connectivity index (χ1n) is 9.97. The summed E-state index contributed by atoms with van der Waals surface area (Å²) in [4.78, 5) is 13.0. The van der Waals surface area contributed by atoms with Crippen molar-refractivity contribution in [2.75, 3.05) is 7.11 Å². The van der Waals surface area contributed by atoms with Crippen LogP contribution in [0.5, 0.6) is 5.75 Å². The van der Waals surface area contributed by atoms with Crippen molar-refractivity contribution < 1.29 is 9.84 Å². The number of ether oxygens (including phenoxy) is 1. The topological polar surface area (TPSA) is 68.8 Å². The van der Waals surface area contributed by atoms with Crippen LogP contribution in [-0.4, -0.2) is 26.4 Å². The third-order valence-corrected chi connectivity index (χ3v) is 5.35. The average Bonchev–Trinajstić information content (AvgIpc) is 3.21. The van der Waals surface area contributed by atoms with Crippen molar-refractivity contribution >= 4 is 5.52 Å². The number of benzene rings is 2. The largest absolute Gasteiger partial charge is 0.497 e. The normalized spacial score (nSPS) is 12.4. The lowest BCUT2D eigenvalue weighted by atomic mass is 10.0. The summed E-state index contributed by atoms with van der Waals surface area (Å²) in [5, 5.41) is 15.1. The predicted molar refractivity (Wildman–Crippen MR) is 117 cm³/mol. The minimum Gasteiger partial charge on any atom is -0.497 e. The van der Waals surface area contributed by atoms with Gasteiger partial charge in [0.15, 0.2) is 0 Å². The molecule has 6 nitrogen and oxygen atoms in total. The first-order chi connectivity index (χ1) is 14.5. The number of nitrogens with zero attached hydrogens (tertiary/aromatic N) is 3. The summed E-state index contributed by atoms with van der Waals surface area (Å²) >= 11 is 0. The van der Waals surface area contributed by atoms with Gasteiger partial charge in [-0.25, -0.2) is 4.52 Å². The third kappa shape index (κ3) is 3.86. The maximum atomic E-state index is 13.0. The molecule has 2 aromatic carbocycles. The maximum Gasteiger partial charge on any atom is 0.276 e. The molecule has 0 amide bonds. The van der Waals surface area contributed by atoms with Crippen molar-refractivity contribution in [2.45, 2.75) is 32.4 Å². The molecule has 4 rings (SSSR count). The molecule has 154 valence electrons. The number of aromatic nitrogens is 3. The number of fused-ring (bicyclic) bond motifs is 1. The van der Waals surface area contributed by atoms with Gasteiger partial charge in [0, 0.05) is 18.0 Å². The van der Waals surface area contributed by atoms with Crippen LogP contribution in [0.3, 0.4) is 0 Å². The summed E-state index contributed by atoms with van der Waals surface area (Å²) < 4.78 is 8.24. The van der Waals surface area contributed by atoms with Gasteiger partial charge in [-0.3, -0.25) is 4.79 Å². The van der Waals surface area contributed by atoms with E-state index in [1.807, 2.05) is 12.1 Å². The molecule has 30 heavy (non-hydrogen) atoms. The van der Waals surface area contributed by atoms with E-state index < -0.39 is 6.10 Å². The van der Waals surface area contributed by atoms with Crippen molar-refractivity contribution in [1.29, 1.82) is 0 Å². The molecule has 2 heterocycles. The van der Waals surface area contributed by atoms with Gasteiger partial charge in [-0.15, -0.1) is 0 Å². The molecule has 0 saturated heterocycles. The molecule has 1 atom stereocenters. The van der Waals surface area contributed by atoms with E-state index >= 15 is 0 Å². The van der Waals surface area contributed by atoms with Gasteiger partial charge in [0.25, 0.3) is 5.56 Å². The Morgan fingerprint density at radius 2 is 1.67 bits per heavy atom. The van der Waals surface area contributed by atoms with E-state index in [1.54, 1.807) is 54.4 Å². The average molecular weight is 403 g/mol. The number of hydrogen-bond donors (Lipinski definition) is 1. The van der Waals surface area contributed by atoms with E-state index in [0.717, 1.165) is 22.6 Å². The second-order valence-electron chi connectivity index (χ2n) is 7.68. The summed E-state index contributed by atoms with van der Waals surface area (Å²) in [5.41, 5.74) is 3.98. The molecule has 0 aliphatic heterocycles. The molecule has 4 aromatic rings. The Hall–Kier alpha value is -3.38. The number of methoxy groups -OCH3 is 1. The van der Waals surface area contributed by atoms with Gasteiger partial charge in [0.05, 0.1) is 25.5 Å². The lowest BCUT2D eigenvalue weighted by Gasteiger charge is -2.13. The van der Waals surface area contributed by atoms with E-state index in [-0.39, 0.29) is 12.1 Å². The third-order valence-electron chi connectivity index (χ3n) is 5.35. The number of hydrogen-bond acceptors (Lipinski definition) is 4. The molecular formula is C24H25N3O3. The van der Waals surface area contributed by atoms with E-state index in [1.165, 1.54) is 10.1 Å². The minimum absolute atomic E-state index is 0.158. The molecule has 1 N–H and O–H groups in total. The first-order valence-corrected chi connectivity index (χ1v) is 9.97. The number of aliphatic hydroxyl groups excluding tert-OH is 1. The smallest absolute Gasteiger partial charge is 0.276 e. The van der Waals surface area contributed by atoms with Crippen molar-refractivity contribution in [1.82, 2.24) is 14.2 Å². The maximum absolute atomic E-state index is 13.0. The molecule has 6 heteroatoms. The van der Waals surface area contributed by atoms with Crippen LogP contribution < -0.4 is 10.3 Å². The van der Waals surface area contributed by atoms with Crippen LogP contribution in [0.4, 0.5) is 0 Å². The fourth-order valence-electron chi connectivity index (χ4n) is 3.47. The summed E-state index contributed by atoms with van der Waals surface area (Å²) in [7, 11) is 1.60. The highest BCUT2D eigenvalue weighted by molar-refractivity contribution is 5.65. The van der Waals surface area contributed by atoms with Gasteiger partial charge in [-0.1, -0.05) is 50.2 Å². The van der Waals surface area contributed by atoms with Crippen LogP contribution in [0.2, 0.25) is 0 Å². The standard InChI is InChI=1S/C24H25N3O3/c1-16(2)17-4-6-18(7-5-17)21-14-22-24(29)26(12-13-27(22)25-21)15-23(28)19-8-10-20(30-3)11-9-19/h4-14,16,23,28H,15H2,1-3H3. The number of rotatable bonds is 6. The molecule has 0 bridgehead atoms. The van der Waals surface area contributed by atoms with Gasteiger partial charge < -0.3 is 14.4 Å². The Morgan fingerprint density at radius 3 is 2.30 bits per heavy atom. The minimum atomic E-state index is -0.804. The van der Waals surface area contributed by atoms with E-state index in [0.29, 0.717) is 11.4 Å². The Morgan fingerprint density at radius 1 is 1.00 bits per heavy atom. The molecule has 2 aromatic heterocycles. The van der Waals surface area contributed by atoms with Crippen LogP contribution in [0, 0.1) is 0 Å². The molecular weight excluding hydrogens is 378 g/mol. The highest BCUT2D eigenvalue weighted by atomic mass is 16.5. The molecule has 0 aliphatic rings. The summed E-state index contributed by atoms with van der Waals surface area (Å²) in [6.45, 7) is 4.47. The van der Waals surface area contributed by atoms with Crippen LogP contribution in [0.15, 0.2) is 71.8 Å². The van der Waals surface area contributed by atoms with Gasteiger partial charge in [0.2, 0.25) is 0 Å². The molecule has 0 aliphatic carbocycles. The lowest BCUT2D eigenvalue weighted by Crippen LogP contribution is -2.24. The van der Waals surface area contributed by atoms with Crippen LogP contribution in [0.1, 0.15) is 37.0 Å². The van der Waals surface area contributed by atoms with Crippen molar-refractivity contribution in [3.05, 3.63) is 88.5 Å². The van der Waals surface area contributed by atoms with E-state index in [2.05, 4.69) is 31.1 Å². The van der Waals surface area contributed by atoms with Gasteiger partial charge in [-0.05, 0) is 35.2 Å². The van der Waals surface area contributed by atoms with Crippen molar-refractivity contribution in [2.24, 2.45) is 0 Å². The fraction of sp³-hybridized carbons (Fsp3) is 0.250. The number of aliphatic hydroxyl groups is 1. The van der Waals surface area contributed by atoms with Crippen LogP contribution in [0.25, 0.3) is 16.8 Å². The zero-order chi connectivity index (χ0) is 21.3. The zero-order valence-electron chi connectivity index (χ0n) is 17.3. The monoisotopic (exact) mass is 403 g/mol. The second kappa shape index (κ2) is 8.16. The zero-order valence-corrected chi connectivity index (χ0v) is 17.3. The summed E-state index contributed by atoms with van der Waals surface area (Å²) in [5.74, 6) is 1.18. The van der Waals surface area contributed by atoms with Gasteiger partial charge >= 0.3 is 0 Å². The highest BCUT2D eigenvalue weighted by Gasteiger charge is 2.13. The summed E-state index contributed by atoms with van der Waals surface area (Å²) in [6.07, 6.45) is 2.59. The SMILES string of the molecule is COc1ccc(C(O)Cn2ccn3nc(-c4ccc(C(C)C)cc4)cc3c2=O)cc1. The molecule has 1 unspecified atom stereocenters. The Bertz CT molecular complexity index is 1210. The Labute approximate surface area is 175 Å². The van der Waals surface area contributed by atoms with Crippen LogP contribution in [-0.2, 0) is 6.54 Å². The summed E-state index contributed by atoms with van der Waals surface area (Å²) in [6, 6.07) is 17.2. The Kier molecular flexibility index (Phi) is 5.42. The molecule has 0 fully saturated rings. The molecule has 0 saturated carbocycles. The lowest BCUT2D eigenvalue weighted by molar-refractivity contribution is 0.155. The van der Waals surface area contributed by atoms with Crippen molar-refractivity contribution in [3.8, 4) is 17.0 Å². The Balaban J connectivity index is 1.61. The second-order valence-corrected chi connectivity index (χ2v) is 7.68. The van der Waals surface area contributed by atoms with E-state index in [4.69, 9.17) is 4.74 Å². The van der Waals surface area contributed by atoms with Gasteiger partial charge in [-0.2, -0.15) is 5.10 Å². The molecule has 0 radical (unpaired) electrons. The van der Waals surface area contributed by atoms with E-state index in [9.17, 15) is 9.90 Å². The highest BCUT2D eigenvalue weighted by Crippen LogP contribution is 2.23. The fourth-order valence-corrected chi connectivity index (χ4v) is 3.47.